The fourth-order valence-corrected chi connectivity index (χ4v) is 1.74. The van der Waals surface area contributed by atoms with Gasteiger partial charge in [0.2, 0.25) is 0 Å². The highest BCUT2D eigenvalue weighted by atomic mass is 19.2. The number of nitrogen functional groups attached to an aromatic ring is 1. The first-order chi connectivity index (χ1) is 9.56. The highest BCUT2D eigenvalue weighted by Gasteiger charge is 2.14. The monoisotopic (exact) mass is 280 g/mol. The normalized spacial score (nSPS) is 10.2. The van der Waals surface area contributed by atoms with E-state index in [0.29, 0.717) is 17.2 Å². The molecule has 4 nitrogen and oxygen atoms in total. The molecule has 0 aromatic heterocycles. The first-order valence-electron chi connectivity index (χ1n) is 5.79. The third-order valence-electron chi connectivity index (χ3n) is 2.79. The van der Waals surface area contributed by atoms with Crippen molar-refractivity contribution in [3.05, 3.63) is 42.0 Å². The van der Waals surface area contributed by atoms with Gasteiger partial charge >= 0.3 is 0 Å². The smallest absolute Gasteiger partial charge is 0.184 e. The number of ether oxygens (including phenoxy) is 2. The molecular formula is C14H14F2N2O2. The molecule has 0 heterocycles. The fraction of sp³-hybridized carbons (Fsp3) is 0.143. The lowest BCUT2D eigenvalue weighted by Crippen LogP contribution is -2.03. The summed E-state index contributed by atoms with van der Waals surface area (Å²) in [6.07, 6.45) is 0. The molecule has 0 amide bonds. The van der Waals surface area contributed by atoms with Gasteiger partial charge in [0.1, 0.15) is 17.2 Å². The largest absolute Gasteiger partial charge is 0.497 e. The van der Waals surface area contributed by atoms with E-state index in [-0.39, 0.29) is 11.4 Å². The molecule has 3 N–H and O–H groups in total. The van der Waals surface area contributed by atoms with Crippen molar-refractivity contribution < 1.29 is 18.3 Å². The second-order valence-corrected chi connectivity index (χ2v) is 4.02. The second kappa shape index (κ2) is 5.64. The summed E-state index contributed by atoms with van der Waals surface area (Å²) in [7, 11) is 2.97. The van der Waals surface area contributed by atoms with Gasteiger partial charge in [0.05, 0.1) is 25.6 Å². The van der Waals surface area contributed by atoms with Crippen LogP contribution in [-0.2, 0) is 0 Å². The molecule has 0 fully saturated rings. The van der Waals surface area contributed by atoms with E-state index in [9.17, 15) is 8.78 Å². The Balaban J connectivity index is 2.46. The molecule has 0 saturated heterocycles. The average Bonchev–Trinajstić information content (AvgIpc) is 2.47. The standard InChI is InChI=1S/C14H14F2N2O2/c1-19-8-3-6-12(20-2)11(7-8)18-14-10(17)5-4-9(15)13(14)16/h3-7,18H,17H2,1-2H3. The third-order valence-corrected chi connectivity index (χ3v) is 2.79. The Kier molecular flexibility index (Phi) is 3.93. The van der Waals surface area contributed by atoms with Crippen molar-refractivity contribution >= 4 is 17.1 Å². The van der Waals surface area contributed by atoms with E-state index >= 15 is 0 Å². The third kappa shape index (κ3) is 2.59. The quantitative estimate of drug-likeness (QED) is 0.844. The Morgan fingerprint density at radius 2 is 1.80 bits per heavy atom. The van der Waals surface area contributed by atoms with Crippen LogP contribution in [0.4, 0.5) is 25.8 Å². The molecular weight excluding hydrogens is 266 g/mol. The number of methoxy groups -OCH3 is 2. The lowest BCUT2D eigenvalue weighted by atomic mass is 10.2. The van der Waals surface area contributed by atoms with Crippen molar-refractivity contribution in [2.45, 2.75) is 0 Å². The molecule has 0 unspecified atom stereocenters. The number of hydrogen-bond acceptors (Lipinski definition) is 4. The zero-order valence-electron chi connectivity index (χ0n) is 11.0. The molecule has 106 valence electrons. The summed E-state index contributed by atoms with van der Waals surface area (Å²) in [6, 6.07) is 7.19. The number of nitrogens with two attached hydrogens (primary N) is 1. The van der Waals surface area contributed by atoms with Crippen molar-refractivity contribution in [1.82, 2.24) is 0 Å². The van der Waals surface area contributed by atoms with Crippen LogP contribution >= 0.6 is 0 Å². The average molecular weight is 280 g/mol. The maximum atomic E-state index is 13.8. The summed E-state index contributed by atoms with van der Waals surface area (Å²) in [5, 5.41) is 2.73. The molecule has 2 aromatic rings. The Bertz CT molecular complexity index is 633. The summed E-state index contributed by atoms with van der Waals surface area (Å²) >= 11 is 0. The van der Waals surface area contributed by atoms with Gasteiger partial charge < -0.3 is 20.5 Å². The van der Waals surface area contributed by atoms with Crippen LogP contribution in [-0.4, -0.2) is 14.2 Å². The minimum absolute atomic E-state index is 0.0915. The first kappa shape index (κ1) is 13.9. The lowest BCUT2D eigenvalue weighted by molar-refractivity contribution is 0.404. The van der Waals surface area contributed by atoms with Gasteiger partial charge in [-0.1, -0.05) is 0 Å². The van der Waals surface area contributed by atoms with Crippen molar-refractivity contribution in [2.24, 2.45) is 0 Å². The minimum Gasteiger partial charge on any atom is -0.497 e. The summed E-state index contributed by atoms with van der Waals surface area (Å²) in [6.45, 7) is 0. The van der Waals surface area contributed by atoms with E-state index in [1.54, 1.807) is 18.2 Å². The van der Waals surface area contributed by atoms with Crippen molar-refractivity contribution in [3.8, 4) is 11.5 Å². The Morgan fingerprint density at radius 3 is 2.45 bits per heavy atom. The van der Waals surface area contributed by atoms with E-state index in [1.165, 1.54) is 20.3 Å². The summed E-state index contributed by atoms with van der Waals surface area (Å²) in [5.74, 6) is -1.03. The van der Waals surface area contributed by atoms with E-state index in [1.807, 2.05) is 0 Å². The molecule has 0 spiro atoms. The summed E-state index contributed by atoms with van der Waals surface area (Å²) in [4.78, 5) is 0. The minimum atomic E-state index is -1.05. The second-order valence-electron chi connectivity index (χ2n) is 4.02. The molecule has 0 saturated carbocycles. The molecule has 0 bridgehead atoms. The first-order valence-corrected chi connectivity index (χ1v) is 5.79. The number of halogens is 2. The topological polar surface area (TPSA) is 56.5 Å². The van der Waals surface area contributed by atoms with E-state index in [0.717, 1.165) is 6.07 Å². The Morgan fingerprint density at radius 1 is 1.05 bits per heavy atom. The van der Waals surface area contributed by atoms with E-state index < -0.39 is 11.6 Å². The molecule has 20 heavy (non-hydrogen) atoms. The molecule has 0 aliphatic rings. The van der Waals surface area contributed by atoms with E-state index in [2.05, 4.69) is 5.32 Å². The van der Waals surface area contributed by atoms with Gasteiger partial charge in [-0.25, -0.2) is 8.78 Å². The van der Waals surface area contributed by atoms with Gasteiger partial charge in [-0.05, 0) is 24.3 Å². The van der Waals surface area contributed by atoms with Crippen molar-refractivity contribution in [3.63, 3.8) is 0 Å². The molecule has 6 heteroatoms. The predicted molar refractivity (Wildman–Crippen MR) is 73.6 cm³/mol. The summed E-state index contributed by atoms with van der Waals surface area (Å²) in [5.41, 5.74) is 6.03. The molecule has 0 atom stereocenters. The molecule has 2 aromatic carbocycles. The van der Waals surface area contributed by atoms with Gasteiger partial charge in [0.25, 0.3) is 0 Å². The number of hydrogen-bond donors (Lipinski definition) is 2. The molecule has 2 rings (SSSR count). The zero-order valence-corrected chi connectivity index (χ0v) is 11.0. The fourth-order valence-electron chi connectivity index (χ4n) is 1.74. The lowest BCUT2D eigenvalue weighted by Gasteiger charge is -2.14. The SMILES string of the molecule is COc1ccc(OC)c(Nc2c(N)ccc(F)c2F)c1. The van der Waals surface area contributed by atoms with Crippen LogP contribution in [0.1, 0.15) is 0 Å². The predicted octanol–water partition coefficient (Wildman–Crippen LogP) is 3.31. The number of anilines is 3. The Labute approximate surface area is 115 Å². The summed E-state index contributed by atoms with van der Waals surface area (Å²) < 4.78 is 37.3. The van der Waals surface area contributed by atoms with Gasteiger partial charge in [0.15, 0.2) is 11.6 Å². The van der Waals surface area contributed by atoms with Gasteiger partial charge in [-0.3, -0.25) is 0 Å². The van der Waals surface area contributed by atoms with Gasteiger partial charge in [-0.2, -0.15) is 0 Å². The van der Waals surface area contributed by atoms with Crippen LogP contribution in [0.15, 0.2) is 30.3 Å². The van der Waals surface area contributed by atoms with Crippen LogP contribution in [0.5, 0.6) is 11.5 Å². The van der Waals surface area contributed by atoms with Crippen LogP contribution < -0.4 is 20.5 Å². The Hall–Kier alpha value is -2.50. The number of nitrogens with one attached hydrogen (secondary N) is 1. The number of benzene rings is 2. The maximum Gasteiger partial charge on any atom is 0.184 e. The van der Waals surface area contributed by atoms with Crippen LogP contribution in [0.25, 0.3) is 0 Å². The maximum absolute atomic E-state index is 13.8. The van der Waals surface area contributed by atoms with E-state index in [4.69, 9.17) is 15.2 Å². The van der Waals surface area contributed by atoms with Crippen LogP contribution in [0, 0.1) is 11.6 Å². The number of rotatable bonds is 4. The molecule has 0 radical (unpaired) electrons. The van der Waals surface area contributed by atoms with Crippen LogP contribution in [0.3, 0.4) is 0 Å². The van der Waals surface area contributed by atoms with Crippen molar-refractivity contribution in [1.29, 1.82) is 0 Å². The highest BCUT2D eigenvalue weighted by molar-refractivity contribution is 5.76. The molecule has 0 aliphatic heterocycles. The van der Waals surface area contributed by atoms with Crippen molar-refractivity contribution in [2.75, 3.05) is 25.3 Å². The van der Waals surface area contributed by atoms with Crippen LogP contribution in [0.2, 0.25) is 0 Å². The van der Waals surface area contributed by atoms with Gasteiger partial charge in [-0.15, -0.1) is 0 Å². The molecule has 0 aliphatic carbocycles. The zero-order chi connectivity index (χ0) is 14.7. The highest BCUT2D eigenvalue weighted by Crippen LogP contribution is 2.35. The van der Waals surface area contributed by atoms with Gasteiger partial charge in [0, 0.05) is 6.07 Å².